The first-order valence-electron chi connectivity index (χ1n) is 9.40. The molecular formula is C20H22N2O6S. The molecule has 1 amide bonds. The fraction of sp³-hybridized carbons (Fsp3) is 0.350. The number of ether oxygens (including phenoxy) is 3. The lowest BCUT2D eigenvalue weighted by molar-refractivity contribution is -0.128. The maximum absolute atomic E-state index is 12.7. The van der Waals surface area contributed by atoms with E-state index in [1.54, 1.807) is 37.3 Å². The molecule has 2 aromatic rings. The van der Waals surface area contributed by atoms with Crippen molar-refractivity contribution in [3.63, 3.8) is 0 Å². The fourth-order valence-electron chi connectivity index (χ4n) is 3.25. The van der Waals surface area contributed by atoms with Crippen LogP contribution in [0.1, 0.15) is 6.92 Å². The molecule has 0 spiro atoms. The number of nitrogens with zero attached hydrogens (tertiary/aromatic N) is 1. The number of benzene rings is 2. The number of hydrogen-bond donors (Lipinski definition) is 1. The van der Waals surface area contributed by atoms with Gasteiger partial charge in [0, 0.05) is 0 Å². The molecule has 2 aliphatic heterocycles. The largest absolute Gasteiger partial charge is 0.486 e. The van der Waals surface area contributed by atoms with Gasteiger partial charge < -0.3 is 19.5 Å². The summed E-state index contributed by atoms with van der Waals surface area (Å²) in [5.41, 5.74) is 0.444. The Morgan fingerprint density at radius 2 is 1.76 bits per heavy atom. The minimum absolute atomic E-state index is 0.0671. The van der Waals surface area contributed by atoms with E-state index in [4.69, 9.17) is 14.2 Å². The van der Waals surface area contributed by atoms with Crippen LogP contribution in [0.15, 0.2) is 48.5 Å². The molecule has 0 radical (unpaired) electrons. The fourth-order valence-corrected chi connectivity index (χ4v) is 4.37. The molecule has 0 aromatic heterocycles. The van der Waals surface area contributed by atoms with Crippen molar-refractivity contribution in [1.29, 1.82) is 0 Å². The van der Waals surface area contributed by atoms with Crippen molar-refractivity contribution in [2.75, 3.05) is 29.8 Å². The lowest BCUT2D eigenvalue weighted by Crippen LogP contribution is -2.52. The Morgan fingerprint density at radius 1 is 1.07 bits per heavy atom. The van der Waals surface area contributed by atoms with Gasteiger partial charge >= 0.3 is 0 Å². The number of para-hydroxylation sites is 4. The van der Waals surface area contributed by atoms with Crippen molar-refractivity contribution in [2.24, 2.45) is 0 Å². The van der Waals surface area contributed by atoms with Gasteiger partial charge in [0.05, 0.1) is 24.5 Å². The molecule has 2 atom stereocenters. The van der Waals surface area contributed by atoms with Crippen molar-refractivity contribution < 1.29 is 27.4 Å². The van der Waals surface area contributed by atoms with Gasteiger partial charge in [-0.15, -0.1) is 0 Å². The summed E-state index contributed by atoms with van der Waals surface area (Å²) in [5.74, 6) is 1.19. The van der Waals surface area contributed by atoms with E-state index in [2.05, 4.69) is 5.32 Å². The smallest absolute Gasteiger partial charge is 0.263 e. The average Bonchev–Trinajstić information content (AvgIpc) is 2.76. The first kappa shape index (κ1) is 19.4. The van der Waals surface area contributed by atoms with Gasteiger partial charge in [0.25, 0.3) is 5.91 Å². The minimum Gasteiger partial charge on any atom is -0.486 e. The maximum atomic E-state index is 12.7. The second-order valence-electron chi connectivity index (χ2n) is 6.75. The molecule has 8 nitrogen and oxygen atoms in total. The van der Waals surface area contributed by atoms with Crippen LogP contribution in [0.4, 0.5) is 5.69 Å². The highest BCUT2D eigenvalue weighted by Crippen LogP contribution is 2.35. The molecule has 4 rings (SSSR count). The highest BCUT2D eigenvalue weighted by atomic mass is 32.2. The van der Waals surface area contributed by atoms with Crippen LogP contribution in [0.5, 0.6) is 17.2 Å². The summed E-state index contributed by atoms with van der Waals surface area (Å²) < 4.78 is 43.5. The second-order valence-corrected chi connectivity index (χ2v) is 8.93. The zero-order valence-corrected chi connectivity index (χ0v) is 16.7. The predicted molar refractivity (Wildman–Crippen MR) is 107 cm³/mol. The van der Waals surface area contributed by atoms with Gasteiger partial charge in [0.2, 0.25) is 10.0 Å². The molecule has 0 fully saturated rings. The predicted octanol–water partition coefficient (Wildman–Crippen LogP) is 1.56. The Kier molecular flexibility index (Phi) is 5.23. The zero-order valence-electron chi connectivity index (χ0n) is 15.9. The Hall–Kier alpha value is -2.94. The summed E-state index contributed by atoms with van der Waals surface area (Å²) >= 11 is 0. The Labute approximate surface area is 169 Å². The minimum atomic E-state index is -3.54. The zero-order chi connectivity index (χ0) is 20.4. The molecule has 29 heavy (non-hydrogen) atoms. The number of hydrogen-bond acceptors (Lipinski definition) is 6. The monoisotopic (exact) mass is 418 g/mol. The molecule has 0 unspecified atom stereocenters. The van der Waals surface area contributed by atoms with Crippen molar-refractivity contribution in [1.82, 2.24) is 5.32 Å². The number of rotatable bonds is 5. The van der Waals surface area contributed by atoms with E-state index in [0.29, 0.717) is 29.5 Å². The number of anilines is 1. The Balaban J connectivity index is 1.43. The lowest BCUT2D eigenvalue weighted by atomic mass is 10.2. The molecule has 0 aliphatic carbocycles. The summed E-state index contributed by atoms with van der Waals surface area (Å²) in [7, 11) is -3.54. The van der Waals surface area contributed by atoms with Gasteiger partial charge in [-0.25, -0.2) is 8.42 Å². The molecule has 0 bridgehead atoms. The number of amides is 1. The number of nitrogens with one attached hydrogen (secondary N) is 1. The Morgan fingerprint density at radius 3 is 2.52 bits per heavy atom. The van der Waals surface area contributed by atoms with Gasteiger partial charge in [-0.3, -0.25) is 9.10 Å². The van der Waals surface area contributed by atoms with E-state index >= 15 is 0 Å². The van der Waals surface area contributed by atoms with Crippen molar-refractivity contribution in [3.8, 4) is 17.2 Å². The molecule has 2 aliphatic rings. The van der Waals surface area contributed by atoms with Crippen molar-refractivity contribution in [2.45, 2.75) is 19.1 Å². The van der Waals surface area contributed by atoms with Gasteiger partial charge in [0.1, 0.15) is 18.5 Å². The normalized spacial score (nSPS) is 20.4. The van der Waals surface area contributed by atoms with Crippen LogP contribution in [-0.2, 0) is 14.8 Å². The summed E-state index contributed by atoms with van der Waals surface area (Å²) in [6.07, 6.45) is -1.30. The van der Waals surface area contributed by atoms with Crippen LogP contribution >= 0.6 is 0 Å². The van der Waals surface area contributed by atoms with E-state index in [-0.39, 0.29) is 24.9 Å². The van der Waals surface area contributed by atoms with Crippen LogP contribution in [0.3, 0.4) is 0 Å². The Bertz CT molecular complexity index is 1010. The summed E-state index contributed by atoms with van der Waals surface area (Å²) in [4.78, 5) is 12.7. The van der Waals surface area contributed by atoms with Crippen LogP contribution < -0.4 is 23.8 Å². The third-order valence-corrected chi connectivity index (χ3v) is 6.55. The summed E-state index contributed by atoms with van der Waals surface area (Å²) in [6, 6.07) is 14.1. The summed E-state index contributed by atoms with van der Waals surface area (Å²) in [5, 5.41) is 2.78. The number of carbonyl (C=O) groups is 1. The molecule has 2 aromatic carbocycles. The quantitative estimate of drug-likeness (QED) is 0.792. The first-order valence-corrected chi connectivity index (χ1v) is 11.0. The van der Waals surface area contributed by atoms with Crippen LogP contribution in [0.25, 0.3) is 0 Å². The average molecular weight is 418 g/mol. The SMILES string of the molecule is CCS(=O)(=O)N1C[C@H](C(=O)NC[C@@H]2COc3ccccc3O2)Oc2ccccc21. The second kappa shape index (κ2) is 7.82. The van der Waals surface area contributed by atoms with Gasteiger partial charge in [0.15, 0.2) is 17.6 Å². The van der Waals surface area contributed by atoms with E-state index in [9.17, 15) is 13.2 Å². The topological polar surface area (TPSA) is 94.2 Å². The third-order valence-electron chi connectivity index (χ3n) is 4.80. The molecular weight excluding hydrogens is 396 g/mol. The number of fused-ring (bicyclic) bond motifs is 2. The number of carbonyl (C=O) groups excluding carboxylic acids is 1. The van der Waals surface area contributed by atoms with E-state index < -0.39 is 22.0 Å². The molecule has 1 N–H and O–H groups in total. The first-order chi connectivity index (χ1) is 14.0. The number of sulfonamides is 1. The lowest BCUT2D eigenvalue weighted by Gasteiger charge is -2.34. The summed E-state index contributed by atoms with van der Waals surface area (Å²) in [6.45, 7) is 2.02. The third kappa shape index (κ3) is 3.95. The molecule has 9 heteroatoms. The maximum Gasteiger partial charge on any atom is 0.263 e. The highest BCUT2D eigenvalue weighted by Gasteiger charge is 2.36. The van der Waals surface area contributed by atoms with Gasteiger partial charge in [-0.2, -0.15) is 0 Å². The molecule has 154 valence electrons. The standard InChI is InChI=1S/C20H22N2O6S/c1-2-29(24,25)22-12-19(28-16-8-4-3-7-15(16)22)20(23)21-11-14-13-26-17-9-5-6-10-18(17)27-14/h3-10,14,19H,2,11-13H2,1H3,(H,21,23)/t14-,19-/m1/s1. The molecule has 2 heterocycles. The van der Waals surface area contributed by atoms with Crippen molar-refractivity contribution >= 4 is 21.6 Å². The van der Waals surface area contributed by atoms with E-state index in [0.717, 1.165) is 0 Å². The van der Waals surface area contributed by atoms with Gasteiger partial charge in [-0.05, 0) is 31.2 Å². The van der Waals surface area contributed by atoms with Crippen molar-refractivity contribution in [3.05, 3.63) is 48.5 Å². The van der Waals surface area contributed by atoms with Gasteiger partial charge in [-0.1, -0.05) is 24.3 Å². The van der Waals surface area contributed by atoms with Crippen LogP contribution in [-0.4, -0.2) is 52.0 Å². The highest BCUT2D eigenvalue weighted by molar-refractivity contribution is 7.92. The van der Waals surface area contributed by atoms with Crippen LogP contribution in [0, 0.1) is 0 Å². The molecule has 0 saturated heterocycles. The molecule has 0 saturated carbocycles. The van der Waals surface area contributed by atoms with E-state index in [1.807, 2.05) is 18.2 Å². The van der Waals surface area contributed by atoms with Crippen LogP contribution in [0.2, 0.25) is 0 Å². The van der Waals surface area contributed by atoms with E-state index in [1.165, 1.54) is 4.31 Å².